The van der Waals surface area contributed by atoms with E-state index in [4.69, 9.17) is 15.2 Å². The van der Waals surface area contributed by atoms with E-state index in [9.17, 15) is 4.79 Å². The van der Waals surface area contributed by atoms with Crippen molar-refractivity contribution in [3.63, 3.8) is 0 Å². The fraction of sp³-hybridized carbons (Fsp3) is 0.875. The second kappa shape index (κ2) is 4.42. The van der Waals surface area contributed by atoms with Crippen molar-refractivity contribution in [1.82, 2.24) is 0 Å². The Morgan fingerprint density at radius 1 is 1.83 bits per heavy atom. The van der Waals surface area contributed by atoms with Crippen LogP contribution in [-0.2, 0) is 14.3 Å². The zero-order valence-electron chi connectivity index (χ0n) is 7.29. The maximum absolute atomic E-state index is 10.6. The average molecular weight is 173 g/mol. The summed E-state index contributed by atoms with van der Waals surface area (Å²) in [5, 5.41) is 0. The highest BCUT2D eigenvalue weighted by Gasteiger charge is 2.18. The Bertz CT molecular complexity index is 154. The summed E-state index contributed by atoms with van der Waals surface area (Å²) >= 11 is 0. The van der Waals surface area contributed by atoms with Gasteiger partial charge in [0, 0.05) is 6.61 Å². The first-order valence-electron chi connectivity index (χ1n) is 4.22. The van der Waals surface area contributed by atoms with E-state index >= 15 is 0 Å². The summed E-state index contributed by atoms with van der Waals surface area (Å²) in [5.41, 5.74) is 5.02. The van der Waals surface area contributed by atoms with Crippen LogP contribution in [0.15, 0.2) is 0 Å². The van der Waals surface area contributed by atoms with Gasteiger partial charge in [0.2, 0.25) is 5.91 Å². The Morgan fingerprint density at radius 2 is 2.58 bits per heavy atom. The molecule has 12 heavy (non-hydrogen) atoms. The van der Waals surface area contributed by atoms with Crippen molar-refractivity contribution in [2.24, 2.45) is 5.73 Å². The maximum atomic E-state index is 10.6. The summed E-state index contributed by atoms with van der Waals surface area (Å²) in [6, 6.07) is 0. The molecule has 0 bridgehead atoms. The van der Waals surface area contributed by atoms with Crippen LogP contribution in [0.3, 0.4) is 0 Å². The van der Waals surface area contributed by atoms with Crippen molar-refractivity contribution >= 4 is 5.91 Å². The van der Waals surface area contributed by atoms with Gasteiger partial charge in [-0.05, 0) is 19.8 Å². The van der Waals surface area contributed by atoms with Gasteiger partial charge < -0.3 is 15.2 Å². The van der Waals surface area contributed by atoms with Crippen molar-refractivity contribution in [2.45, 2.75) is 32.0 Å². The van der Waals surface area contributed by atoms with Gasteiger partial charge in [0.1, 0.15) is 6.10 Å². The largest absolute Gasteiger partial charge is 0.376 e. The molecule has 1 rings (SSSR count). The van der Waals surface area contributed by atoms with Crippen LogP contribution >= 0.6 is 0 Å². The molecule has 1 saturated heterocycles. The van der Waals surface area contributed by atoms with Gasteiger partial charge in [0.15, 0.2) is 0 Å². The first-order chi connectivity index (χ1) is 5.70. The minimum Gasteiger partial charge on any atom is -0.376 e. The van der Waals surface area contributed by atoms with E-state index < -0.39 is 12.0 Å². The molecular formula is C8H15NO3. The highest BCUT2D eigenvalue weighted by atomic mass is 16.5. The first-order valence-corrected chi connectivity index (χ1v) is 4.22. The van der Waals surface area contributed by atoms with E-state index in [1.54, 1.807) is 6.92 Å². The van der Waals surface area contributed by atoms with Crippen molar-refractivity contribution < 1.29 is 14.3 Å². The summed E-state index contributed by atoms with van der Waals surface area (Å²) < 4.78 is 10.5. The van der Waals surface area contributed by atoms with Crippen LogP contribution in [0.25, 0.3) is 0 Å². The molecule has 70 valence electrons. The Kier molecular flexibility index (Phi) is 3.49. The molecule has 0 aliphatic carbocycles. The minimum absolute atomic E-state index is 0.159. The van der Waals surface area contributed by atoms with Crippen LogP contribution in [0, 0.1) is 0 Å². The monoisotopic (exact) mass is 173 g/mol. The number of amides is 1. The predicted octanol–water partition coefficient (Wildman–Crippen LogP) is 0.0558. The second-order valence-electron chi connectivity index (χ2n) is 3.01. The van der Waals surface area contributed by atoms with E-state index in [0.29, 0.717) is 6.61 Å². The second-order valence-corrected chi connectivity index (χ2v) is 3.01. The number of carbonyl (C=O) groups is 1. The SMILES string of the molecule is CC(OCC1CCCO1)C(N)=O. The molecule has 2 N–H and O–H groups in total. The summed E-state index contributed by atoms with van der Waals surface area (Å²) in [6.45, 7) is 2.93. The zero-order chi connectivity index (χ0) is 8.97. The van der Waals surface area contributed by atoms with Gasteiger partial charge >= 0.3 is 0 Å². The van der Waals surface area contributed by atoms with Gasteiger partial charge in [0.25, 0.3) is 0 Å². The van der Waals surface area contributed by atoms with E-state index in [-0.39, 0.29) is 6.10 Å². The lowest BCUT2D eigenvalue weighted by Gasteiger charge is -2.13. The minimum atomic E-state index is -0.505. The van der Waals surface area contributed by atoms with Gasteiger partial charge in [-0.15, -0.1) is 0 Å². The molecule has 0 saturated carbocycles. The normalized spacial score (nSPS) is 25.6. The molecule has 0 aromatic carbocycles. The van der Waals surface area contributed by atoms with Crippen molar-refractivity contribution in [3.05, 3.63) is 0 Å². The van der Waals surface area contributed by atoms with Gasteiger partial charge in [-0.1, -0.05) is 0 Å². The molecule has 1 aliphatic rings. The topological polar surface area (TPSA) is 61.6 Å². The third-order valence-corrected chi connectivity index (χ3v) is 1.96. The summed E-state index contributed by atoms with van der Waals surface area (Å²) in [6.07, 6.45) is 1.76. The number of nitrogens with two attached hydrogens (primary N) is 1. The molecule has 0 radical (unpaired) electrons. The van der Waals surface area contributed by atoms with E-state index in [1.807, 2.05) is 0 Å². The van der Waals surface area contributed by atoms with Gasteiger partial charge in [0.05, 0.1) is 12.7 Å². The van der Waals surface area contributed by atoms with E-state index in [0.717, 1.165) is 19.4 Å². The van der Waals surface area contributed by atoms with Crippen LogP contribution in [0.1, 0.15) is 19.8 Å². The van der Waals surface area contributed by atoms with Crippen molar-refractivity contribution in [2.75, 3.05) is 13.2 Å². The maximum Gasteiger partial charge on any atom is 0.246 e. The lowest BCUT2D eigenvalue weighted by molar-refractivity contribution is -0.130. The van der Waals surface area contributed by atoms with E-state index in [2.05, 4.69) is 0 Å². The van der Waals surface area contributed by atoms with Crippen molar-refractivity contribution in [3.8, 4) is 0 Å². The summed E-state index contributed by atoms with van der Waals surface area (Å²) in [7, 11) is 0. The van der Waals surface area contributed by atoms with Crippen LogP contribution in [0.4, 0.5) is 0 Å². The first kappa shape index (κ1) is 9.48. The number of hydrogen-bond donors (Lipinski definition) is 1. The number of hydrogen-bond acceptors (Lipinski definition) is 3. The van der Waals surface area contributed by atoms with Crippen LogP contribution < -0.4 is 5.73 Å². The Hall–Kier alpha value is -0.610. The van der Waals surface area contributed by atoms with Crippen molar-refractivity contribution in [1.29, 1.82) is 0 Å². The van der Waals surface area contributed by atoms with Gasteiger partial charge in [-0.2, -0.15) is 0 Å². The fourth-order valence-electron chi connectivity index (χ4n) is 1.11. The lowest BCUT2D eigenvalue weighted by atomic mass is 10.2. The predicted molar refractivity (Wildman–Crippen MR) is 43.6 cm³/mol. The molecule has 4 nitrogen and oxygen atoms in total. The van der Waals surface area contributed by atoms with E-state index in [1.165, 1.54) is 0 Å². The molecule has 0 spiro atoms. The quantitative estimate of drug-likeness (QED) is 0.653. The smallest absolute Gasteiger partial charge is 0.246 e. The molecule has 1 amide bonds. The Labute approximate surface area is 72.0 Å². The summed E-state index contributed by atoms with van der Waals surface area (Å²) in [4.78, 5) is 10.6. The molecule has 2 atom stereocenters. The number of primary amides is 1. The zero-order valence-corrected chi connectivity index (χ0v) is 7.29. The molecule has 1 aliphatic heterocycles. The molecule has 1 heterocycles. The third kappa shape index (κ3) is 2.79. The molecule has 1 fully saturated rings. The Balaban J connectivity index is 2.11. The standard InChI is InChI=1S/C8H15NO3/c1-6(8(9)10)12-5-7-3-2-4-11-7/h6-7H,2-5H2,1H3,(H2,9,10). The highest BCUT2D eigenvalue weighted by molar-refractivity contribution is 5.78. The van der Waals surface area contributed by atoms with Gasteiger partial charge in [-0.3, -0.25) is 4.79 Å². The third-order valence-electron chi connectivity index (χ3n) is 1.96. The molecule has 4 heteroatoms. The number of ether oxygens (including phenoxy) is 2. The highest BCUT2D eigenvalue weighted by Crippen LogP contribution is 2.12. The summed E-state index contributed by atoms with van der Waals surface area (Å²) in [5.74, 6) is -0.423. The number of rotatable bonds is 4. The molecule has 2 unspecified atom stereocenters. The fourth-order valence-corrected chi connectivity index (χ4v) is 1.11. The average Bonchev–Trinajstić information content (AvgIpc) is 2.51. The lowest BCUT2D eigenvalue weighted by Crippen LogP contribution is -2.30. The Morgan fingerprint density at radius 3 is 3.08 bits per heavy atom. The molecule has 0 aromatic rings. The molecule has 0 aromatic heterocycles. The van der Waals surface area contributed by atoms with Crippen LogP contribution in [0.2, 0.25) is 0 Å². The van der Waals surface area contributed by atoms with Crippen LogP contribution in [0.5, 0.6) is 0 Å². The molecular weight excluding hydrogens is 158 g/mol. The van der Waals surface area contributed by atoms with Crippen LogP contribution in [-0.4, -0.2) is 31.3 Å². The van der Waals surface area contributed by atoms with Gasteiger partial charge in [-0.25, -0.2) is 0 Å². The number of carbonyl (C=O) groups excluding carboxylic acids is 1.